The topological polar surface area (TPSA) is 58.1 Å². The van der Waals surface area contributed by atoms with Gasteiger partial charge in [0.15, 0.2) is 0 Å². The summed E-state index contributed by atoms with van der Waals surface area (Å²) in [4.78, 5) is 13.7. The minimum atomic E-state index is -0.118. The molecule has 0 aromatic carbocycles. The summed E-state index contributed by atoms with van der Waals surface area (Å²) in [5.41, 5.74) is 0.942. The van der Waals surface area contributed by atoms with E-state index >= 15 is 0 Å². The van der Waals surface area contributed by atoms with Gasteiger partial charge in [-0.3, -0.25) is 4.90 Å². The standard InChI is InChI=1S/C11H12N4OS/c1-6-4-3-5-8-9(6)15(10(16)12-8)11-14-13-7(2)17-11/h3-6,9H,1-2H3,(H,12,16). The number of nitrogens with zero attached hydrogens (tertiary/aromatic N) is 3. The highest BCUT2D eigenvalue weighted by Crippen LogP contribution is 2.33. The maximum Gasteiger partial charge on any atom is 0.328 e. The fourth-order valence-corrected chi connectivity index (χ4v) is 2.93. The number of aromatic nitrogens is 2. The van der Waals surface area contributed by atoms with Gasteiger partial charge in [0, 0.05) is 11.6 Å². The van der Waals surface area contributed by atoms with E-state index in [1.807, 2.05) is 19.1 Å². The normalized spacial score (nSPS) is 26.8. The van der Waals surface area contributed by atoms with E-state index in [1.165, 1.54) is 11.3 Å². The van der Waals surface area contributed by atoms with Gasteiger partial charge in [0.05, 0.1) is 6.04 Å². The lowest BCUT2D eigenvalue weighted by Crippen LogP contribution is -2.37. The van der Waals surface area contributed by atoms with Crippen LogP contribution in [0.1, 0.15) is 11.9 Å². The highest BCUT2D eigenvalue weighted by molar-refractivity contribution is 7.15. The van der Waals surface area contributed by atoms with Crippen molar-refractivity contribution in [3.05, 3.63) is 28.9 Å². The van der Waals surface area contributed by atoms with Gasteiger partial charge in [-0.25, -0.2) is 4.79 Å². The molecule has 1 aromatic rings. The first-order valence-corrected chi connectivity index (χ1v) is 6.27. The molecule has 3 rings (SSSR count). The molecular formula is C11H12N4OS. The van der Waals surface area contributed by atoms with Crippen molar-refractivity contribution in [2.75, 3.05) is 4.90 Å². The van der Waals surface area contributed by atoms with Crippen LogP contribution in [-0.2, 0) is 0 Å². The zero-order valence-corrected chi connectivity index (χ0v) is 10.4. The number of fused-ring (bicyclic) bond motifs is 1. The van der Waals surface area contributed by atoms with E-state index in [1.54, 1.807) is 4.90 Å². The molecule has 2 heterocycles. The van der Waals surface area contributed by atoms with Crippen LogP contribution in [0.5, 0.6) is 0 Å². The molecule has 0 radical (unpaired) electrons. The van der Waals surface area contributed by atoms with Gasteiger partial charge in [0.2, 0.25) is 5.13 Å². The Balaban J connectivity index is 2.02. The van der Waals surface area contributed by atoms with Crippen LogP contribution < -0.4 is 10.2 Å². The Bertz CT molecular complexity index is 533. The molecule has 0 bridgehead atoms. The average molecular weight is 248 g/mol. The number of carbonyl (C=O) groups excluding carboxylic acids is 1. The van der Waals surface area contributed by atoms with Crippen molar-refractivity contribution >= 4 is 22.5 Å². The van der Waals surface area contributed by atoms with Gasteiger partial charge in [-0.15, -0.1) is 10.2 Å². The first-order valence-electron chi connectivity index (χ1n) is 5.45. The Morgan fingerprint density at radius 2 is 2.29 bits per heavy atom. The fourth-order valence-electron chi connectivity index (χ4n) is 2.21. The largest absolute Gasteiger partial charge is 0.328 e. The van der Waals surface area contributed by atoms with Gasteiger partial charge in [-0.05, 0) is 13.0 Å². The molecule has 1 N–H and O–H groups in total. The molecule has 1 fully saturated rings. The van der Waals surface area contributed by atoms with Crippen molar-refractivity contribution in [2.45, 2.75) is 19.9 Å². The summed E-state index contributed by atoms with van der Waals surface area (Å²) in [6.45, 7) is 3.98. The zero-order chi connectivity index (χ0) is 12.0. The third kappa shape index (κ3) is 1.56. The minimum absolute atomic E-state index is 0.0276. The van der Waals surface area contributed by atoms with Crippen LogP contribution in [0.4, 0.5) is 9.93 Å². The molecule has 1 aliphatic heterocycles. The summed E-state index contributed by atoms with van der Waals surface area (Å²) in [6.07, 6.45) is 6.01. The Morgan fingerprint density at radius 3 is 3.00 bits per heavy atom. The Morgan fingerprint density at radius 1 is 1.47 bits per heavy atom. The molecule has 1 aliphatic carbocycles. The molecule has 0 spiro atoms. The van der Waals surface area contributed by atoms with Crippen molar-refractivity contribution in [3.8, 4) is 0 Å². The van der Waals surface area contributed by atoms with E-state index in [9.17, 15) is 4.79 Å². The summed E-state index contributed by atoms with van der Waals surface area (Å²) >= 11 is 1.44. The number of amides is 2. The molecule has 2 aliphatic rings. The summed E-state index contributed by atoms with van der Waals surface area (Å²) < 4.78 is 0. The molecule has 88 valence electrons. The van der Waals surface area contributed by atoms with Crippen molar-refractivity contribution < 1.29 is 4.79 Å². The lowest BCUT2D eigenvalue weighted by atomic mass is 9.94. The predicted molar refractivity (Wildman–Crippen MR) is 65.8 cm³/mol. The first kappa shape index (κ1) is 10.5. The fraction of sp³-hybridized carbons (Fsp3) is 0.364. The zero-order valence-electron chi connectivity index (χ0n) is 9.54. The second kappa shape index (κ2) is 3.66. The Hall–Kier alpha value is -1.69. The van der Waals surface area contributed by atoms with Crippen molar-refractivity contribution in [1.29, 1.82) is 0 Å². The quantitative estimate of drug-likeness (QED) is 0.825. The molecule has 2 unspecified atom stereocenters. The van der Waals surface area contributed by atoms with E-state index in [2.05, 4.69) is 28.5 Å². The van der Waals surface area contributed by atoms with Crippen molar-refractivity contribution in [2.24, 2.45) is 5.92 Å². The third-order valence-electron chi connectivity index (χ3n) is 2.98. The minimum Gasteiger partial charge on any atom is -0.309 e. The highest BCUT2D eigenvalue weighted by atomic mass is 32.1. The molecular weight excluding hydrogens is 236 g/mol. The van der Waals surface area contributed by atoms with E-state index in [0.29, 0.717) is 5.13 Å². The summed E-state index contributed by atoms with van der Waals surface area (Å²) in [6, 6.07) is -0.0900. The highest BCUT2D eigenvalue weighted by Gasteiger charge is 2.41. The van der Waals surface area contributed by atoms with Crippen LogP contribution >= 0.6 is 11.3 Å². The van der Waals surface area contributed by atoms with Crippen LogP contribution in [0, 0.1) is 12.8 Å². The van der Waals surface area contributed by atoms with Crippen LogP contribution in [-0.4, -0.2) is 22.3 Å². The lowest BCUT2D eigenvalue weighted by molar-refractivity contribution is 0.252. The molecule has 6 heteroatoms. The molecule has 1 saturated heterocycles. The third-order valence-corrected chi connectivity index (χ3v) is 3.81. The second-order valence-electron chi connectivity index (χ2n) is 4.21. The van der Waals surface area contributed by atoms with E-state index in [4.69, 9.17) is 0 Å². The van der Waals surface area contributed by atoms with Crippen LogP contribution in [0.25, 0.3) is 0 Å². The van der Waals surface area contributed by atoms with Gasteiger partial charge in [-0.2, -0.15) is 0 Å². The van der Waals surface area contributed by atoms with Crippen molar-refractivity contribution in [1.82, 2.24) is 15.5 Å². The predicted octanol–water partition coefficient (Wildman–Crippen LogP) is 1.83. The van der Waals surface area contributed by atoms with Crippen LogP contribution in [0.2, 0.25) is 0 Å². The van der Waals surface area contributed by atoms with Gasteiger partial charge >= 0.3 is 6.03 Å². The molecule has 17 heavy (non-hydrogen) atoms. The lowest BCUT2D eigenvalue weighted by Gasteiger charge is -2.26. The summed E-state index contributed by atoms with van der Waals surface area (Å²) in [5.74, 6) is 0.276. The number of aryl methyl sites for hydroxylation is 1. The smallest absolute Gasteiger partial charge is 0.309 e. The number of nitrogens with one attached hydrogen (secondary N) is 1. The van der Waals surface area contributed by atoms with Crippen LogP contribution in [0.3, 0.4) is 0 Å². The van der Waals surface area contributed by atoms with Gasteiger partial charge in [0.1, 0.15) is 5.01 Å². The first-order chi connectivity index (χ1) is 8.16. The van der Waals surface area contributed by atoms with Gasteiger partial charge < -0.3 is 5.32 Å². The number of allylic oxidation sites excluding steroid dienone is 2. The summed E-state index contributed by atoms with van der Waals surface area (Å²) in [7, 11) is 0. The van der Waals surface area contributed by atoms with Gasteiger partial charge in [-0.1, -0.05) is 30.4 Å². The SMILES string of the molecule is Cc1nnc(N2C(=O)NC3=CC=CC(C)C32)s1. The maximum atomic E-state index is 12.0. The molecule has 0 saturated carbocycles. The molecule has 2 atom stereocenters. The van der Waals surface area contributed by atoms with E-state index in [0.717, 1.165) is 10.7 Å². The monoisotopic (exact) mass is 248 g/mol. The number of hydrogen-bond donors (Lipinski definition) is 1. The molecule has 1 aromatic heterocycles. The number of urea groups is 1. The van der Waals surface area contributed by atoms with Crippen molar-refractivity contribution in [3.63, 3.8) is 0 Å². The summed E-state index contributed by atoms with van der Waals surface area (Å²) in [5, 5.41) is 12.4. The number of carbonyl (C=O) groups is 1. The second-order valence-corrected chi connectivity index (χ2v) is 5.37. The molecule has 2 amide bonds. The Labute approximate surface area is 103 Å². The van der Waals surface area contributed by atoms with E-state index in [-0.39, 0.29) is 18.0 Å². The van der Waals surface area contributed by atoms with E-state index < -0.39 is 0 Å². The Kier molecular flexibility index (Phi) is 2.25. The number of hydrogen-bond acceptors (Lipinski definition) is 4. The number of anilines is 1. The van der Waals surface area contributed by atoms with Crippen LogP contribution in [0.15, 0.2) is 23.9 Å². The maximum absolute atomic E-state index is 12.0. The molecule has 5 nitrogen and oxygen atoms in total. The average Bonchev–Trinajstić information content (AvgIpc) is 2.82. The van der Waals surface area contributed by atoms with Gasteiger partial charge in [0.25, 0.3) is 0 Å². The number of rotatable bonds is 1.